The molecule has 11 aromatic rings. The van der Waals surface area contributed by atoms with Crippen molar-refractivity contribution in [3.8, 4) is 11.4 Å². The Bertz CT molecular complexity index is 3170. The Morgan fingerprint density at radius 1 is 0.264 bits per heavy atom. The third kappa shape index (κ3) is 4.68. The van der Waals surface area contributed by atoms with E-state index in [0.717, 1.165) is 28.4 Å². The van der Waals surface area contributed by atoms with Crippen molar-refractivity contribution in [1.29, 1.82) is 0 Å². The SMILES string of the molecule is c1ccc(N(c2cccc(-n3c4ccccc4c4cc5c6cc7ccccc7cc6n(-c6ccccc6)c5cc43)c2)c2ccc3ccccc3c2)cc1. The molecule has 0 fully saturated rings. The smallest absolute Gasteiger partial charge is 0.0562 e. The molecule has 248 valence electrons. The number of para-hydroxylation sites is 3. The molecular formula is C50H33N3. The molecule has 3 nitrogen and oxygen atoms in total. The van der Waals surface area contributed by atoms with Crippen molar-refractivity contribution in [1.82, 2.24) is 9.13 Å². The van der Waals surface area contributed by atoms with Crippen LogP contribution in [0.1, 0.15) is 0 Å². The van der Waals surface area contributed by atoms with Gasteiger partial charge in [-0.3, -0.25) is 0 Å². The number of hydrogen-bond donors (Lipinski definition) is 0. The van der Waals surface area contributed by atoms with Crippen LogP contribution < -0.4 is 4.90 Å². The first kappa shape index (κ1) is 29.6. The third-order valence-electron chi connectivity index (χ3n) is 10.8. The molecule has 0 atom stereocenters. The Morgan fingerprint density at radius 3 is 1.58 bits per heavy atom. The fourth-order valence-electron chi connectivity index (χ4n) is 8.41. The van der Waals surface area contributed by atoms with Gasteiger partial charge in [-0.2, -0.15) is 0 Å². The summed E-state index contributed by atoms with van der Waals surface area (Å²) in [5.74, 6) is 0. The lowest BCUT2D eigenvalue weighted by molar-refractivity contribution is 1.16. The van der Waals surface area contributed by atoms with Crippen LogP contribution in [0.4, 0.5) is 17.1 Å². The predicted octanol–water partition coefficient (Wildman–Crippen LogP) is 13.7. The molecule has 0 aliphatic carbocycles. The molecule has 0 saturated carbocycles. The molecule has 0 amide bonds. The quantitative estimate of drug-likeness (QED) is 0.177. The number of fused-ring (bicyclic) bond motifs is 8. The summed E-state index contributed by atoms with van der Waals surface area (Å²) >= 11 is 0. The minimum absolute atomic E-state index is 1.10. The highest BCUT2D eigenvalue weighted by molar-refractivity contribution is 6.20. The summed E-state index contributed by atoms with van der Waals surface area (Å²) in [6.45, 7) is 0. The zero-order valence-electron chi connectivity index (χ0n) is 28.9. The molecule has 0 spiro atoms. The number of rotatable bonds is 5. The monoisotopic (exact) mass is 675 g/mol. The van der Waals surface area contributed by atoms with E-state index in [2.05, 4.69) is 214 Å². The van der Waals surface area contributed by atoms with E-state index in [0.29, 0.717) is 0 Å². The maximum absolute atomic E-state index is 2.45. The van der Waals surface area contributed by atoms with Gasteiger partial charge in [0.15, 0.2) is 0 Å². The molecule has 0 radical (unpaired) electrons. The van der Waals surface area contributed by atoms with Crippen LogP contribution in [0.3, 0.4) is 0 Å². The Kier molecular flexibility index (Phi) is 6.55. The van der Waals surface area contributed by atoms with E-state index in [1.165, 1.54) is 65.2 Å². The molecule has 11 rings (SSSR count). The van der Waals surface area contributed by atoms with Crippen molar-refractivity contribution in [2.75, 3.05) is 4.90 Å². The number of hydrogen-bond acceptors (Lipinski definition) is 1. The summed E-state index contributed by atoms with van der Waals surface area (Å²) in [7, 11) is 0. The van der Waals surface area contributed by atoms with Gasteiger partial charge in [-0.1, -0.05) is 115 Å². The van der Waals surface area contributed by atoms with Gasteiger partial charge in [0, 0.05) is 50.0 Å². The van der Waals surface area contributed by atoms with E-state index in [4.69, 9.17) is 0 Å². The van der Waals surface area contributed by atoms with Gasteiger partial charge < -0.3 is 14.0 Å². The molecule has 9 aromatic carbocycles. The van der Waals surface area contributed by atoms with E-state index in [1.807, 2.05) is 0 Å². The summed E-state index contributed by atoms with van der Waals surface area (Å²) in [6.07, 6.45) is 0. The molecule has 0 N–H and O–H groups in total. The Labute approximate surface area is 306 Å². The van der Waals surface area contributed by atoms with Crippen molar-refractivity contribution in [2.24, 2.45) is 0 Å². The van der Waals surface area contributed by atoms with Crippen LogP contribution in [0.2, 0.25) is 0 Å². The normalized spacial score (nSPS) is 11.8. The highest BCUT2D eigenvalue weighted by atomic mass is 15.1. The molecular weight excluding hydrogens is 643 g/mol. The molecule has 0 aliphatic rings. The van der Waals surface area contributed by atoms with Crippen molar-refractivity contribution in [2.45, 2.75) is 0 Å². The summed E-state index contributed by atoms with van der Waals surface area (Å²) in [6, 6.07) is 72.8. The fourth-order valence-corrected chi connectivity index (χ4v) is 8.41. The zero-order chi connectivity index (χ0) is 34.9. The average Bonchev–Trinajstić information content (AvgIpc) is 3.71. The largest absolute Gasteiger partial charge is 0.310 e. The van der Waals surface area contributed by atoms with E-state index in [1.54, 1.807) is 0 Å². The number of benzene rings is 9. The second kappa shape index (κ2) is 11.7. The lowest BCUT2D eigenvalue weighted by Gasteiger charge is -2.26. The average molecular weight is 676 g/mol. The summed E-state index contributed by atoms with van der Waals surface area (Å²) in [5, 5.41) is 9.94. The van der Waals surface area contributed by atoms with E-state index in [-0.39, 0.29) is 0 Å². The second-order valence-electron chi connectivity index (χ2n) is 13.8. The topological polar surface area (TPSA) is 13.1 Å². The van der Waals surface area contributed by atoms with Gasteiger partial charge in [-0.15, -0.1) is 0 Å². The number of nitrogens with zero attached hydrogens (tertiary/aromatic N) is 3. The lowest BCUT2D eigenvalue weighted by Crippen LogP contribution is -2.10. The molecule has 2 heterocycles. The van der Waals surface area contributed by atoms with Gasteiger partial charge in [0.1, 0.15) is 0 Å². The van der Waals surface area contributed by atoms with Gasteiger partial charge in [0.05, 0.1) is 22.1 Å². The fraction of sp³-hybridized carbons (Fsp3) is 0. The van der Waals surface area contributed by atoms with Crippen molar-refractivity contribution in [3.05, 3.63) is 200 Å². The van der Waals surface area contributed by atoms with Gasteiger partial charge in [-0.25, -0.2) is 0 Å². The van der Waals surface area contributed by atoms with Crippen LogP contribution in [0.15, 0.2) is 200 Å². The third-order valence-corrected chi connectivity index (χ3v) is 10.8. The van der Waals surface area contributed by atoms with Gasteiger partial charge >= 0.3 is 0 Å². The van der Waals surface area contributed by atoms with E-state index in [9.17, 15) is 0 Å². The minimum atomic E-state index is 1.10. The van der Waals surface area contributed by atoms with E-state index >= 15 is 0 Å². The van der Waals surface area contributed by atoms with Crippen molar-refractivity contribution >= 4 is 82.2 Å². The van der Waals surface area contributed by atoms with Crippen LogP contribution in [0.5, 0.6) is 0 Å². The van der Waals surface area contributed by atoms with Crippen LogP contribution in [-0.2, 0) is 0 Å². The molecule has 0 saturated heterocycles. The van der Waals surface area contributed by atoms with Crippen LogP contribution in [-0.4, -0.2) is 9.13 Å². The summed E-state index contributed by atoms with van der Waals surface area (Å²) < 4.78 is 4.88. The maximum Gasteiger partial charge on any atom is 0.0562 e. The Morgan fingerprint density at radius 2 is 0.792 bits per heavy atom. The van der Waals surface area contributed by atoms with E-state index < -0.39 is 0 Å². The van der Waals surface area contributed by atoms with Gasteiger partial charge in [0.2, 0.25) is 0 Å². The van der Waals surface area contributed by atoms with Crippen LogP contribution in [0, 0.1) is 0 Å². The first-order valence-electron chi connectivity index (χ1n) is 18.2. The highest BCUT2D eigenvalue weighted by Crippen LogP contribution is 2.42. The first-order chi connectivity index (χ1) is 26.3. The molecule has 53 heavy (non-hydrogen) atoms. The molecule has 2 aromatic heterocycles. The predicted molar refractivity (Wildman–Crippen MR) is 225 cm³/mol. The molecule has 0 unspecified atom stereocenters. The number of anilines is 3. The van der Waals surface area contributed by atoms with Crippen molar-refractivity contribution in [3.63, 3.8) is 0 Å². The summed E-state index contributed by atoms with van der Waals surface area (Å²) in [5.41, 5.74) is 10.4. The second-order valence-corrected chi connectivity index (χ2v) is 13.8. The molecule has 0 bridgehead atoms. The standard InChI is InChI=1S/C50H33N3/c1-3-18-38(19-4-1)51(42-27-26-34-14-7-8-15-35(34)28-42)40-22-13-23-41(31-40)53-47-25-12-11-24-43(47)45-32-46-44-29-36-16-9-10-17-37(36)30-48(44)52(50(46)33-49(45)53)39-20-5-2-6-21-39/h1-33H. The van der Waals surface area contributed by atoms with Crippen LogP contribution >= 0.6 is 0 Å². The first-order valence-corrected chi connectivity index (χ1v) is 18.2. The van der Waals surface area contributed by atoms with Gasteiger partial charge in [0.25, 0.3) is 0 Å². The Hall–Kier alpha value is -7.10. The molecule has 0 aliphatic heterocycles. The number of aromatic nitrogens is 2. The minimum Gasteiger partial charge on any atom is -0.310 e. The van der Waals surface area contributed by atoms with Crippen molar-refractivity contribution < 1.29 is 0 Å². The molecule has 3 heteroatoms. The summed E-state index contributed by atoms with van der Waals surface area (Å²) in [4.78, 5) is 2.36. The van der Waals surface area contributed by atoms with Crippen LogP contribution in [0.25, 0.3) is 76.5 Å². The lowest BCUT2D eigenvalue weighted by atomic mass is 10.0. The Balaban J connectivity index is 1.19. The zero-order valence-corrected chi connectivity index (χ0v) is 28.9. The highest BCUT2D eigenvalue weighted by Gasteiger charge is 2.20. The maximum atomic E-state index is 2.45. The van der Waals surface area contributed by atoms with Gasteiger partial charge in [-0.05, 0) is 106 Å².